The largest absolute Gasteiger partial charge is 0.455 e. The fraction of sp³-hybridized carbons (Fsp3) is 0. The molecule has 4 nitrogen and oxygen atoms in total. The molecule has 0 aliphatic heterocycles. The molecule has 0 radical (unpaired) electrons. The summed E-state index contributed by atoms with van der Waals surface area (Å²) in [5.74, 6) is -0.113. The van der Waals surface area contributed by atoms with Crippen molar-refractivity contribution in [2.45, 2.75) is 0 Å². The van der Waals surface area contributed by atoms with Crippen molar-refractivity contribution in [2.75, 3.05) is 5.32 Å². The van der Waals surface area contributed by atoms with E-state index in [0.29, 0.717) is 17.2 Å². The maximum Gasteiger partial charge on any atom is 0.266 e. The molecule has 1 N–H and O–H groups in total. The van der Waals surface area contributed by atoms with E-state index in [2.05, 4.69) is 5.32 Å². The Hall–Kier alpha value is -3.91. The topological polar surface area (TPSA) is 62.1 Å². The quantitative estimate of drug-likeness (QED) is 0.506. The Balaban J connectivity index is 1.83. The number of benzene rings is 3. The van der Waals surface area contributed by atoms with Gasteiger partial charge in [-0.25, -0.2) is 4.39 Å². The Labute approximate surface area is 156 Å². The van der Waals surface area contributed by atoms with Crippen LogP contribution in [0.1, 0.15) is 5.56 Å². The van der Waals surface area contributed by atoms with Gasteiger partial charge in [0.2, 0.25) is 0 Å². The Kier molecular flexibility index (Phi) is 5.60. The molecule has 0 unspecified atom stereocenters. The Morgan fingerprint density at radius 2 is 1.63 bits per heavy atom. The summed E-state index contributed by atoms with van der Waals surface area (Å²) in [6.45, 7) is 0. The molecule has 0 fully saturated rings. The summed E-state index contributed by atoms with van der Waals surface area (Å²) in [6, 6.07) is 23.7. The molecule has 0 aliphatic rings. The summed E-state index contributed by atoms with van der Waals surface area (Å²) < 4.78 is 19.6. The lowest BCUT2D eigenvalue weighted by atomic mass is 10.1. The third-order valence-corrected chi connectivity index (χ3v) is 3.68. The third kappa shape index (κ3) is 4.59. The van der Waals surface area contributed by atoms with Crippen molar-refractivity contribution in [3.05, 3.63) is 95.8 Å². The molecule has 0 bridgehead atoms. The minimum Gasteiger partial charge on any atom is -0.455 e. The minimum absolute atomic E-state index is 0.165. The first kappa shape index (κ1) is 17.9. The molecule has 1 amide bonds. The molecule has 3 aromatic rings. The molecular formula is C22H15FN2O2. The van der Waals surface area contributed by atoms with E-state index in [1.54, 1.807) is 42.5 Å². The zero-order valence-electron chi connectivity index (χ0n) is 14.2. The van der Waals surface area contributed by atoms with Crippen LogP contribution in [0.15, 0.2) is 84.4 Å². The van der Waals surface area contributed by atoms with Crippen LogP contribution in [-0.4, -0.2) is 5.91 Å². The summed E-state index contributed by atoms with van der Waals surface area (Å²) in [7, 11) is 0. The van der Waals surface area contributed by atoms with E-state index >= 15 is 0 Å². The molecule has 3 aromatic carbocycles. The predicted molar refractivity (Wildman–Crippen MR) is 102 cm³/mol. The van der Waals surface area contributed by atoms with Gasteiger partial charge in [-0.05, 0) is 36.4 Å². The average Bonchev–Trinajstić information content (AvgIpc) is 2.69. The first-order valence-corrected chi connectivity index (χ1v) is 8.17. The molecule has 0 heterocycles. The second kappa shape index (κ2) is 8.45. The number of ether oxygens (including phenoxy) is 1. The normalized spacial score (nSPS) is 10.7. The molecule has 0 aromatic heterocycles. The van der Waals surface area contributed by atoms with E-state index in [1.165, 1.54) is 24.3 Å². The second-order valence-corrected chi connectivity index (χ2v) is 5.56. The van der Waals surface area contributed by atoms with Crippen molar-refractivity contribution in [3.63, 3.8) is 0 Å². The number of nitriles is 1. The van der Waals surface area contributed by atoms with Crippen molar-refractivity contribution < 1.29 is 13.9 Å². The minimum atomic E-state index is -0.648. The molecule has 3 rings (SSSR count). The first-order chi connectivity index (χ1) is 13.2. The van der Waals surface area contributed by atoms with Crippen molar-refractivity contribution in [1.29, 1.82) is 5.26 Å². The highest BCUT2D eigenvalue weighted by Crippen LogP contribution is 2.29. The predicted octanol–water partition coefficient (Wildman–Crippen LogP) is 5.16. The molecule has 132 valence electrons. The molecule has 27 heavy (non-hydrogen) atoms. The molecule has 0 saturated heterocycles. The van der Waals surface area contributed by atoms with Crippen LogP contribution in [0, 0.1) is 17.1 Å². The van der Waals surface area contributed by atoms with Gasteiger partial charge in [0.15, 0.2) is 5.75 Å². The van der Waals surface area contributed by atoms with Gasteiger partial charge in [0, 0.05) is 5.56 Å². The van der Waals surface area contributed by atoms with Crippen LogP contribution in [-0.2, 0) is 4.79 Å². The smallest absolute Gasteiger partial charge is 0.266 e. The number of hydrogen-bond donors (Lipinski definition) is 1. The number of anilines is 1. The van der Waals surface area contributed by atoms with Gasteiger partial charge in [-0.2, -0.15) is 5.26 Å². The van der Waals surface area contributed by atoms with Crippen LogP contribution in [0.3, 0.4) is 0 Å². The van der Waals surface area contributed by atoms with Gasteiger partial charge in [0.1, 0.15) is 23.2 Å². The van der Waals surface area contributed by atoms with Gasteiger partial charge in [-0.15, -0.1) is 0 Å². The highest BCUT2D eigenvalue weighted by Gasteiger charge is 2.13. The number of amides is 1. The molecule has 5 heteroatoms. The van der Waals surface area contributed by atoms with Crippen molar-refractivity contribution in [1.82, 2.24) is 0 Å². The number of halogens is 1. The SMILES string of the molecule is N#C/C(=C\c1ccccc1F)C(=O)Nc1ccccc1Oc1ccccc1. The maximum absolute atomic E-state index is 13.8. The number of rotatable bonds is 5. The Bertz CT molecular complexity index is 1020. The molecule has 0 spiro atoms. The number of para-hydroxylation sites is 3. The highest BCUT2D eigenvalue weighted by atomic mass is 19.1. The van der Waals surface area contributed by atoms with Crippen LogP contribution in [0.4, 0.5) is 10.1 Å². The van der Waals surface area contributed by atoms with Crippen LogP contribution in [0.5, 0.6) is 11.5 Å². The first-order valence-electron chi connectivity index (χ1n) is 8.17. The van der Waals surface area contributed by atoms with Gasteiger partial charge in [0.25, 0.3) is 5.91 Å². The van der Waals surface area contributed by atoms with E-state index < -0.39 is 11.7 Å². The van der Waals surface area contributed by atoms with Gasteiger partial charge in [-0.1, -0.05) is 48.5 Å². The average molecular weight is 358 g/mol. The van der Waals surface area contributed by atoms with Crippen LogP contribution in [0.2, 0.25) is 0 Å². The van der Waals surface area contributed by atoms with Crippen molar-refractivity contribution in [2.24, 2.45) is 0 Å². The van der Waals surface area contributed by atoms with Crippen LogP contribution in [0.25, 0.3) is 6.08 Å². The van der Waals surface area contributed by atoms with Gasteiger partial charge in [0.05, 0.1) is 5.69 Å². The molecule has 0 saturated carbocycles. The third-order valence-electron chi connectivity index (χ3n) is 3.68. The summed E-state index contributed by atoms with van der Waals surface area (Å²) in [4.78, 5) is 12.5. The lowest BCUT2D eigenvalue weighted by molar-refractivity contribution is -0.112. The zero-order valence-corrected chi connectivity index (χ0v) is 14.2. The zero-order chi connectivity index (χ0) is 19.1. The van der Waals surface area contributed by atoms with E-state index in [9.17, 15) is 14.4 Å². The summed E-state index contributed by atoms with van der Waals surface area (Å²) in [5, 5.41) is 11.9. The van der Waals surface area contributed by atoms with Crippen LogP contribution < -0.4 is 10.1 Å². The van der Waals surface area contributed by atoms with Crippen LogP contribution >= 0.6 is 0 Å². The molecular weight excluding hydrogens is 343 g/mol. The molecule has 0 atom stereocenters. The Morgan fingerprint density at radius 1 is 0.963 bits per heavy atom. The maximum atomic E-state index is 13.8. The summed E-state index contributed by atoms with van der Waals surface area (Å²) >= 11 is 0. The van der Waals surface area contributed by atoms with Crippen molar-refractivity contribution >= 4 is 17.7 Å². The number of carbonyl (C=O) groups excluding carboxylic acids is 1. The monoisotopic (exact) mass is 358 g/mol. The lowest BCUT2D eigenvalue weighted by Gasteiger charge is -2.12. The fourth-order valence-corrected chi connectivity index (χ4v) is 2.36. The van der Waals surface area contributed by atoms with E-state index in [4.69, 9.17) is 4.74 Å². The van der Waals surface area contributed by atoms with Gasteiger partial charge < -0.3 is 10.1 Å². The van der Waals surface area contributed by atoms with Crippen molar-refractivity contribution in [3.8, 4) is 17.6 Å². The highest BCUT2D eigenvalue weighted by molar-refractivity contribution is 6.10. The lowest BCUT2D eigenvalue weighted by Crippen LogP contribution is -2.14. The van der Waals surface area contributed by atoms with E-state index in [1.807, 2.05) is 24.3 Å². The van der Waals surface area contributed by atoms with Gasteiger partial charge in [-0.3, -0.25) is 4.79 Å². The standard InChI is InChI=1S/C22H15FN2O2/c23-19-11-5-4-8-16(19)14-17(15-24)22(26)25-20-12-6-7-13-21(20)27-18-9-2-1-3-10-18/h1-14H,(H,25,26)/b17-14+. The van der Waals surface area contributed by atoms with Gasteiger partial charge >= 0.3 is 0 Å². The molecule has 0 aliphatic carbocycles. The second-order valence-electron chi connectivity index (χ2n) is 5.56. The van der Waals surface area contributed by atoms with E-state index in [0.717, 1.165) is 0 Å². The van der Waals surface area contributed by atoms with E-state index in [-0.39, 0.29) is 11.1 Å². The number of hydrogen-bond acceptors (Lipinski definition) is 3. The fourth-order valence-electron chi connectivity index (χ4n) is 2.36. The number of carbonyl (C=O) groups is 1. The Morgan fingerprint density at radius 3 is 2.37 bits per heavy atom. The number of nitrogens with one attached hydrogen (secondary N) is 1. The summed E-state index contributed by atoms with van der Waals surface area (Å²) in [6.07, 6.45) is 1.21. The summed E-state index contributed by atoms with van der Waals surface area (Å²) in [5.41, 5.74) is 0.355. The number of nitrogens with zero attached hydrogens (tertiary/aromatic N) is 1.